The van der Waals surface area contributed by atoms with Crippen LogP contribution in [0, 0.1) is 0 Å². The Morgan fingerprint density at radius 1 is 1.08 bits per heavy atom. The van der Waals surface area contributed by atoms with Crippen LogP contribution in [0.15, 0.2) is 56.8 Å². The van der Waals surface area contributed by atoms with E-state index in [9.17, 15) is 29.4 Å². The number of rotatable bonds is 8. The fourth-order valence-electron chi connectivity index (χ4n) is 2.92. The van der Waals surface area contributed by atoms with E-state index in [4.69, 9.17) is 11.6 Å². The van der Waals surface area contributed by atoms with Gasteiger partial charge in [0.05, 0.1) is 19.2 Å². The molecule has 0 spiro atoms. The van der Waals surface area contributed by atoms with Gasteiger partial charge < -0.3 is 15.5 Å². The molecular formula is C23H18Br2ClN3O6S. The van der Waals surface area contributed by atoms with Crippen LogP contribution in [0.2, 0.25) is 5.02 Å². The van der Waals surface area contributed by atoms with Crippen molar-refractivity contribution in [1.29, 1.82) is 0 Å². The van der Waals surface area contributed by atoms with Gasteiger partial charge in [-0.05, 0) is 80.7 Å². The average Bonchev–Trinajstić information content (AvgIpc) is 3.18. The quantitative estimate of drug-likeness (QED) is 0.201. The molecule has 3 rings (SSSR count). The summed E-state index contributed by atoms with van der Waals surface area (Å²) >= 11 is 13.9. The van der Waals surface area contributed by atoms with Crippen LogP contribution in [-0.2, 0) is 11.3 Å². The molecule has 0 unspecified atom stereocenters. The van der Waals surface area contributed by atoms with Gasteiger partial charge in [-0.25, -0.2) is 10.4 Å². The Morgan fingerprint density at radius 3 is 2.39 bits per heavy atom. The van der Waals surface area contributed by atoms with Crippen LogP contribution in [0.4, 0.5) is 0 Å². The third-order valence-corrected chi connectivity index (χ3v) is 8.34. The maximum Gasteiger partial charge on any atom is 0.322 e. The number of nitrogens with one attached hydrogen (secondary N) is 2. The summed E-state index contributed by atoms with van der Waals surface area (Å²) in [5.74, 6) is -3.36. The molecule has 3 amide bonds. The molecule has 4 N–H and O–H groups in total. The number of imide groups is 1. The van der Waals surface area contributed by atoms with E-state index in [1.807, 2.05) is 0 Å². The zero-order valence-corrected chi connectivity index (χ0v) is 23.2. The molecule has 188 valence electrons. The van der Waals surface area contributed by atoms with Crippen molar-refractivity contribution < 1.29 is 29.4 Å². The minimum Gasteiger partial charge on any atom is -0.508 e. The van der Waals surface area contributed by atoms with Crippen LogP contribution in [0.3, 0.4) is 0 Å². The van der Waals surface area contributed by atoms with Crippen LogP contribution < -0.4 is 10.7 Å². The molecule has 36 heavy (non-hydrogen) atoms. The highest BCUT2D eigenvalue weighted by Crippen LogP contribution is 2.33. The molecule has 0 aliphatic heterocycles. The van der Waals surface area contributed by atoms with E-state index in [0.29, 0.717) is 18.8 Å². The summed E-state index contributed by atoms with van der Waals surface area (Å²) in [6, 6.07) is 10.5. The van der Waals surface area contributed by atoms with Gasteiger partial charge in [-0.3, -0.25) is 19.2 Å². The number of carbonyl (C=O) groups excluding carboxylic acids is 3. The van der Waals surface area contributed by atoms with Gasteiger partial charge in [0.25, 0.3) is 17.7 Å². The second-order valence-electron chi connectivity index (χ2n) is 7.41. The zero-order chi connectivity index (χ0) is 26.6. The third-order valence-electron chi connectivity index (χ3n) is 4.78. The number of phenolic OH excluding ortho intramolecular Hbond substituents is 1. The van der Waals surface area contributed by atoms with Crippen LogP contribution in [-0.4, -0.2) is 45.0 Å². The van der Waals surface area contributed by atoms with Crippen molar-refractivity contribution in [3.05, 3.63) is 83.4 Å². The number of carboxylic acids is 1. The van der Waals surface area contributed by atoms with Gasteiger partial charge in [0.1, 0.15) is 11.8 Å². The predicted octanol–water partition coefficient (Wildman–Crippen LogP) is 4.82. The molecule has 9 nitrogen and oxygen atoms in total. The molecule has 0 fully saturated rings. The number of hydrogen-bond donors (Lipinski definition) is 4. The standard InChI is InChI=1S/C23H18Br2ClN3O6S/c1-11(23(34)35)28-29(22(33)18-9-16(24)19(25)36-18)21(32)15-6-5-13(8-17(15)26)20(31)27-10-12-3-2-4-14(30)7-12/h2-9,11,28,30H,10H2,1H3,(H,27,31)(H,34,35)/t11-/m0/s1. The van der Waals surface area contributed by atoms with E-state index in [2.05, 4.69) is 42.6 Å². The highest BCUT2D eigenvalue weighted by Gasteiger charge is 2.30. The van der Waals surface area contributed by atoms with Crippen LogP contribution in [0.5, 0.6) is 5.75 Å². The lowest BCUT2D eigenvalue weighted by molar-refractivity contribution is -0.139. The Hall–Kier alpha value is -2.77. The maximum absolute atomic E-state index is 13.3. The summed E-state index contributed by atoms with van der Waals surface area (Å²) in [6.07, 6.45) is 0. The molecule has 0 aliphatic carbocycles. The van der Waals surface area contributed by atoms with Crippen LogP contribution in [0.25, 0.3) is 0 Å². The third kappa shape index (κ3) is 6.71. The summed E-state index contributed by atoms with van der Waals surface area (Å²) < 4.78 is 1.21. The van der Waals surface area contributed by atoms with Gasteiger partial charge in [-0.2, -0.15) is 0 Å². The highest BCUT2D eigenvalue weighted by molar-refractivity contribution is 9.13. The number of nitrogens with zero attached hydrogens (tertiary/aromatic N) is 1. The van der Waals surface area contributed by atoms with Crippen molar-refractivity contribution in [3.8, 4) is 5.75 Å². The Morgan fingerprint density at radius 2 is 1.81 bits per heavy atom. The van der Waals surface area contributed by atoms with Crippen molar-refractivity contribution in [2.24, 2.45) is 0 Å². The monoisotopic (exact) mass is 657 g/mol. The van der Waals surface area contributed by atoms with E-state index >= 15 is 0 Å². The molecule has 2 aromatic carbocycles. The first-order valence-corrected chi connectivity index (χ1v) is 12.9. The van der Waals surface area contributed by atoms with E-state index in [1.54, 1.807) is 12.1 Å². The molecule has 13 heteroatoms. The summed E-state index contributed by atoms with van der Waals surface area (Å²) in [6.45, 7) is 1.43. The van der Waals surface area contributed by atoms with Crippen molar-refractivity contribution in [3.63, 3.8) is 0 Å². The summed E-state index contributed by atoms with van der Waals surface area (Å²) in [5, 5.41) is 22.0. The fraction of sp³-hybridized carbons (Fsp3) is 0.130. The van der Waals surface area contributed by atoms with E-state index < -0.39 is 29.7 Å². The van der Waals surface area contributed by atoms with Crippen LogP contribution in [0.1, 0.15) is 42.9 Å². The van der Waals surface area contributed by atoms with E-state index in [0.717, 1.165) is 11.3 Å². The van der Waals surface area contributed by atoms with Crippen molar-refractivity contribution in [2.45, 2.75) is 19.5 Å². The topological polar surface area (TPSA) is 136 Å². The lowest BCUT2D eigenvalue weighted by Gasteiger charge is -2.24. The Kier molecular flexibility index (Phi) is 9.25. The average molecular weight is 660 g/mol. The number of carboxylic acid groups (broad SMARTS) is 1. The molecule has 1 aromatic heterocycles. The first kappa shape index (κ1) is 27.8. The zero-order valence-electron chi connectivity index (χ0n) is 18.4. The van der Waals surface area contributed by atoms with Gasteiger partial charge >= 0.3 is 5.97 Å². The number of carbonyl (C=O) groups is 4. The molecule has 1 heterocycles. The smallest absolute Gasteiger partial charge is 0.322 e. The number of aromatic hydroxyl groups is 1. The normalized spacial score (nSPS) is 11.6. The minimum atomic E-state index is -1.28. The maximum atomic E-state index is 13.3. The second kappa shape index (κ2) is 12.0. The fourth-order valence-corrected chi connectivity index (χ4v) is 5.15. The summed E-state index contributed by atoms with van der Waals surface area (Å²) in [5.41, 5.74) is 3.13. The highest BCUT2D eigenvalue weighted by atomic mass is 79.9. The molecule has 1 atom stereocenters. The van der Waals surface area contributed by atoms with Crippen molar-refractivity contribution in [2.75, 3.05) is 0 Å². The SMILES string of the molecule is C[C@H](NN(C(=O)c1cc(Br)c(Br)s1)C(=O)c1ccc(C(=O)NCc2cccc(O)c2)cc1Cl)C(=O)O. The van der Waals surface area contributed by atoms with Crippen LogP contribution >= 0.6 is 54.8 Å². The Bertz CT molecular complexity index is 1330. The number of benzene rings is 2. The summed E-state index contributed by atoms with van der Waals surface area (Å²) in [4.78, 5) is 50.5. The van der Waals surface area contributed by atoms with Gasteiger partial charge in [-0.15, -0.1) is 11.3 Å². The minimum absolute atomic E-state index is 0.0693. The number of thiophene rings is 1. The van der Waals surface area contributed by atoms with E-state index in [1.165, 1.54) is 43.3 Å². The number of hydrazine groups is 1. The molecule has 0 radical (unpaired) electrons. The molecule has 0 saturated heterocycles. The number of aliphatic carboxylic acids is 1. The first-order chi connectivity index (χ1) is 17.0. The molecule has 0 saturated carbocycles. The van der Waals surface area contributed by atoms with E-state index in [-0.39, 0.29) is 33.3 Å². The molecule has 3 aromatic rings. The lowest BCUT2D eigenvalue weighted by atomic mass is 10.1. The van der Waals surface area contributed by atoms with Gasteiger partial charge in [0, 0.05) is 16.6 Å². The number of phenols is 1. The largest absolute Gasteiger partial charge is 0.508 e. The predicted molar refractivity (Wildman–Crippen MR) is 141 cm³/mol. The number of halogens is 3. The van der Waals surface area contributed by atoms with Gasteiger partial charge in [0.15, 0.2) is 0 Å². The number of amides is 3. The molecule has 0 bridgehead atoms. The Balaban J connectivity index is 1.83. The first-order valence-electron chi connectivity index (χ1n) is 10.2. The second-order valence-corrected chi connectivity index (χ2v) is 11.0. The molecular weight excluding hydrogens is 642 g/mol. The van der Waals surface area contributed by atoms with Crippen molar-refractivity contribution in [1.82, 2.24) is 15.8 Å². The molecule has 0 aliphatic rings. The Labute approximate surface area is 231 Å². The lowest BCUT2D eigenvalue weighted by Crippen LogP contribution is -2.52. The van der Waals surface area contributed by atoms with Crippen molar-refractivity contribution >= 4 is 78.5 Å². The van der Waals surface area contributed by atoms with Gasteiger partial charge in [0.2, 0.25) is 0 Å². The van der Waals surface area contributed by atoms with Gasteiger partial charge in [-0.1, -0.05) is 23.7 Å². The number of hydrogen-bond acceptors (Lipinski definition) is 7. The summed E-state index contributed by atoms with van der Waals surface area (Å²) in [7, 11) is 0.